The molecule has 0 bridgehead atoms. The highest BCUT2D eigenvalue weighted by atomic mass is 32.2. The van der Waals surface area contributed by atoms with Crippen LogP contribution < -0.4 is 0 Å². The Morgan fingerprint density at radius 2 is 1.97 bits per heavy atom. The lowest BCUT2D eigenvalue weighted by atomic mass is 9.90. The van der Waals surface area contributed by atoms with E-state index < -0.39 is 17.1 Å². The number of likely N-dealkylation sites (tertiary alicyclic amines) is 1. The molecule has 2 unspecified atom stereocenters. The summed E-state index contributed by atoms with van der Waals surface area (Å²) in [5.74, 6) is 0.615. The van der Waals surface area contributed by atoms with Gasteiger partial charge < -0.3 is 14.7 Å². The van der Waals surface area contributed by atoms with Crippen molar-refractivity contribution in [2.45, 2.75) is 71.1 Å². The van der Waals surface area contributed by atoms with E-state index >= 15 is 0 Å². The van der Waals surface area contributed by atoms with Gasteiger partial charge in [-0.05, 0) is 62.1 Å². The third kappa shape index (κ3) is 6.28. The average Bonchev–Trinajstić information content (AvgIpc) is 2.72. The van der Waals surface area contributed by atoms with Crippen molar-refractivity contribution in [3.8, 4) is 0 Å². The summed E-state index contributed by atoms with van der Waals surface area (Å²) in [5.41, 5.74) is 3.48. The lowest BCUT2D eigenvalue weighted by Crippen LogP contribution is -2.39. The van der Waals surface area contributed by atoms with Gasteiger partial charge in [-0.3, -0.25) is 0 Å². The highest BCUT2D eigenvalue weighted by molar-refractivity contribution is 7.81. The predicted octanol–water partition coefficient (Wildman–Crippen LogP) is 3.80. The van der Waals surface area contributed by atoms with Gasteiger partial charge in [-0.15, -0.1) is 0 Å². The number of rotatable bonds is 7. The van der Waals surface area contributed by atoms with E-state index in [0.717, 1.165) is 70.3 Å². The van der Waals surface area contributed by atoms with Crippen molar-refractivity contribution in [3.05, 3.63) is 34.9 Å². The third-order valence-corrected chi connectivity index (χ3v) is 7.29. The second-order valence-corrected chi connectivity index (χ2v) is 10.2. The Balaban J connectivity index is 1.41. The van der Waals surface area contributed by atoms with E-state index in [9.17, 15) is 14.1 Å². The zero-order valence-corrected chi connectivity index (χ0v) is 19.3. The Hall–Kier alpha value is -1.44. The molecule has 2 atom stereocenters. The minimum absolute atomic E-state index is 0.0742. The minimum Gasteiger partial charge on any atom is -0.447 e. The number of aliphatic hydroxyl groups is 1. The molecular formula is C23H36N2O4S. The maximum atomic E-state index is 12.0. The van der Waals surface area contributed by atoms with Crippen molar-refractivity contribution in [2.75, 3.05) is 25.9 Å². The molecule has 1 N–H and O–H groups in total. The first-order chi connectivity index (χ1) is 14.3. The van der Waals surface area contributed by atoms with Crippen molar-refractivity contribution >= 4 is 17.1 Å². The van der Waals surface area contributed by atoms with Crippen LogP contribution in [-0.4, -0.2) is 56.6 Å². The standard InChI is InChI=1S/C23H36N2O4S/c1-17(2)29-23(27)24-12-9-18(10-13-24)5-4-6-22(26)20-7-8-21-16-25(30(3)28)14-11-19(21)15-20/h7-8,15,17-18,22,26H,4-6,9-14,16H2,1-3H3. The SMILES string of the molecule is CC(C)OC(=O)N1CCC(CCCC(O)c2ccc3c(c2)CCN(S(C)=O)C3)CC1. The molecule has 6 nitrogen and oxygen atoms in total. The van der Waals surface area contributed by atoms with Gasteiger partial charge in [0, 0.05) is 32.4 Å². The van der Waals surface area contributed by atoms with Crippen LogP contribution in [0.15, 0.2) is 18.2 Å². The maximum absolute atomic E-state index is 12.0. The number of piperidine rings is 1. The quantitative estimate of drug-likeness (QED) is 0.706. The summed E-state index contributed by atoms with van der Waals surface area (Å²) in [5, 5.41) is 10.7. The molecule has 2 heterocycles. The first-order valence-electron chi connectivity index (χ1n) is 11.2. The molecule has 1 amide bonds. The lowest BCUT2D eigenvalue weighted by Gasteiger charge is -2.32. The van der Waals surface area contributed by atoms with Gasteiger partial charge in [-0.2, -0.15) is 0 Å². The third-order valence-electron chi connectivity index (χ3n) is 6.26. The molecule has 0 saturated carbocycles. The molecule has 30 heavy (non-hydrogen) atoms. The molecule has 0 radical (unpaired) electrons. The van der Waals surface area contributed by atoms with Crippen molar-refractivity contribution < 1.29 is 18.8 Å². The number of benzene rings is 1. The first-order valence-corrected chi connectivity index (χ1v) is 12.7. The van der Waals surface area contributed by atoms with Crippen LogP contribution in [0.2, 0.25) is 0 Å². The van der Waals surface area contributed by atoms with Gasteiger partial charge in [0.1, 0.15) is 0 Å². The van der Waals surface area contributed by atoms with E-state index in [4.69, 9.17) is 4.74 Å². The summed E-state index contributed by atoms with van der Waals surface area (Å²) in [7, 11) is -0.933. The summed E-state index contributed by atoms with van der Waals surface area (Å²) >= 11 is 0. The van der Waals surface area contributed by atoms with Gasteiger partial charge in [0.25, 0.3) is 0 Å². The molecule has 1 aromatic rings. The number of carbonyl (C=O) groups excluding carboxylic acids is 1. The second-order valence-electron chi connectivity index (χ2n) is 8.88. The molecule has 0 aromatic heterocycles. The van der Waals surface area contributed by atoms with Gasteiger partial charge in [0.2, 0.25) is 0 Å². The maximum Gasteiger partial charge on any atom is 0.410 e. The number of fused-ring (bicyclic) bond motifs is 1. The number of hydrogen-bond donors (Lipinski definition) is 1. The summed E-state index contributed by atoms with van der Waals surface area (Å²) in [6.45, 7) is 6.81. The fourth-order valence-electron chi connectivity index (χ4n) is 4.42. The molecule has 1 fully saturated rings. The van der Waals surface area contributed by atoms with E-state index in [0.29, 0.717) is 5.92 Å². The minimum atomic E-state index is -0.933. The Labute approximate surface area is 183 Å². The zero-order valence-electron chi connectivity index (χ0n) is 18.5. The number of carbonyl (C=O) groups is 1. The van der Waals surface area contributed by atoms with Gasteiger partial charge in [-0.1, -0.05) is 31.0 Å². The first kappa shape index (κ1) is 23.2. The molecule has 2 aliphatic rings. The number of nitrogens with zero attached hydrogens (tertiary/aromatic N) is 2. The van der Waals surface area contributed by atoms with Crippen LogP contribution in [0, 0.1) is 5.92 Å². The summed E-state index contributed by atoms with van der Waals surface area (Å²) < 4.78 is 19.0. The smallest absolute Gasteiger partial charge is 0.410 e. The van der Waals surface area contributed by atoms with Gasteiger partial charge in [0.05, 0.1) is 23.2 Å². The Morgan fingerprint density at radius 1 is 1.23 bits per heavy atom. The monoisotopic (exact) mass is 436 g/mol. The van der Waals surface area contributed by atoms with Crippen LogP contribution in [0.25, 0.3) is 0 Å². The average molecular weight is 437 g/mol. The van der Waals surface area contributed by atoms with E-state index in [1.807, 2.05) is 29.1 Å². The molecular weight excluding hydrogens is 400 g/mol. The predicted molar refractivity (Wildman–Crippen MR) is 119 cm³/mol. The summed E-state index contributed by atoms with van der Waals surface area (Å²) in [4.78, 5) is 13.8. The van der Waals surface area contributed by atoms with Crippen LogP contribution in [0.3, 0.4) is 0 Å². The zero-order chi connectivity index (χ0) is 21.7. The number of amides is 1. The van der Waals surface area contributed by atoms with E-state index in [2.05, 4.69) is 12.1 Å². The highest BCUT2D eigenvalue weighted by Crippen LogP contribution is 2.28. The fourth-order valence-corrected chi connectivity index (χ4v) is 5.09. The van der Waals surface area contributed by atoms with Crippen LogP contribution >= 0.6 is 0 Å². The van der Waals surface area contributed by atoms with Crippen molar-refractivity contribution in [1.82, 2.24) is 9.21 Å². The molecule has 3 rings (SSSR count). The molecule has 168 valence electrons. The van der Waals surface area contributed by atoms with Crippen LogP contribution in [-0.2, 0) is 28.7 Å². The molecule has 7 heteroatoms. The molecule has 1 saturated heterocycles. The highest BCUT2D eigenvalue weighted by Gasteiger charge is 2.24. The van der Waals surface area contributed by atoms with Gasteiger partial charge in [-0.25, -0.2) is 13.3 Å². The van der Waals surface area contributed by atoms with E-state index in [-0.39, 0.29) is 12.2 Å². The summed E-state index contributed by atoms with van der Waals surface area (Å²) in [6, 6.07) is 6.23. The van der Waals surface area contributed by atoms with Crippen molar-refractivity contribution in [1.29, 1.82) is 0 Å². The number of hydrogen-bond acceptors (Lipinski definition) is 4. The molecule has 0 spiro atoms. The van der Waals surface area contributed by atoms with Gasteiger partial charge >= 0.3 is 6.09 Å². The van der Waals surface area contributed by atoms with Crippen LogP contribution in [0.4, 0.5) is 4.79 Å². The van der Waals surface area contributed by atoms with Crippen LogP contribution in [0.5, 0.6) is 0 Å². The van der Waals surface area contributed by atoms with E-state index in [1.165, 1.54) is 11.1 Å². The number of aliphatic hydroxyl groups excluding tert-OH is 1. The summed E-state index contributed by atoms with van der Waals surface area (Å²) in [6.07, 6.45) is 6.77. The van der Waals surface area contributed by atoms with Crippen LogP contribution in [0.1, 0.15) is 68.7 Å². The van der Waals surface area contributed by atoms with Crippen molar-refractivity contribution in [3.63, 3.8) is 0 Å². The van der Waals surface area contributed by atoms with Crippen molar-refractivity contribution in [2.24, 2.45) is 5.92 Å². The Kier molecular flexibility index (Phi) is 8.31. The Morgan fingerprint density at radius 3 is 2.63 bits per heavy atom. The number of ether oxygens (including phenoxy) is 1. The topological polar surface area (TPSA) is 70.1 Å². The van der Waals surface area contributed by atoms with E-state index in [1.54, 1.807) is 6.26 Å². The second kappa shape index (κ2) is 10.7. The fraction of sp³-hybridized carbons (Fsp3) is 0.696. The molecule has 1 aromatic carbocycles. The largest absolute Gasteiger partial charge is 0.447 e. The Bertz CT molecular complexity index is 747. The van der Waals surface area contributed by atoms with Gasteiger partial charge in [0.15, 0.2) is 0 Å². The molecule has 0 aliphatic carbocycles. The lowest BCUT2D eigenvalue weighted by molar-refractivity contribution is 0.0642. The molecule has 2 aliphatic heterocycles. The normalized spacial score (nSPS) is 20.1.